The van der Waals surface area contributed by atoms with Crippen molar-refractivity contribution in [3.8, 4) is 6.07 Å². The average Bonchev–Trinajstić information content (AvgIpc) is 2.94. The first-order valence-electron chi connectivity index (χ1n) is 9.78. The molecule has 134 valence electrons. The van der Waals surface area contributed by atoms with Crippen molar-refractivity contribution in [1.82, 2.24) is 0 Å². The molecule has 0 radical (unpaired) electrons. The SMILES string of the molecule is CCC12CC[C@H]3[C@@H](CC=C4C=CC(OC)C[C@@H]43)[C@@H]1C=C[C@@]2(O)CC#N. The molecule has 0 bridgehead atoms. The molecule has 0 aromatic rings. The Bertz CT molecular complexity index is 672. The second kappa shape index (κ2) is 6.11. The molecule has 0 aromatic carbocycles. The van der Waals surface area contributed by atoms with Crippen LogP contribution in [0.15, 0.2) is 36.0 Å². The van der Waals surface area contributed by atoms with Gasteiger partial charge in [-0.25, -0.2) is 0 Å². The van der Waals surface area contributed by atoms with Crippen molar-refractivity contribution >= 4 is 0 Å². The predicted molar refractivity (Wildman–Crippen MR) is 97.5 cm³/mol. The molecule has 1 saturated carbocycles. The summed E-state index contributed by atoms with van der Waals surface area (Å²) >= 11 is 0. The Morgan fingerprint density at radius 2 is 2.20 bits per heavy atom. The van der Waals surface area contributed by atoms with Crippen LogP contribution in [-0.2, 0) is 4.74 Å². The number of hydrogen-bond acceptors (Lipinski definition) is 3. The lowest BCUT2D eigenvalue weighted by Crippen LogP contribution is -2.54. The molecule has 0 amide bonds. The maximum atomic E-state index is 11.3. The summed E-state index contributed by atoms with van der Waals surface area (Å²) in [6.45, 7) is 2.19. The number of ether oxygens (including phenoxy) is 1. The van der Waals surface area contributed by atoms with Crippen molar-refractivity contribution in [2.45, 2.75) is 57.2 Å². The van der Waals surface area contributed by atoms with E-state index in [1.54, 1.807) is 7.11 Å². The van der Waals surface area contributed by atoms with Gasteiger partial charge in [0.1, 0.15) is 5.60 Å². The van der Waals surface area contributed by atoms with Crippen molar-refractivity contribution < 1.29 is 9.84 Å². The van der Waals surface area contributed by atoms with Gasteiger partial charge in [0.15, 0.2) is 0 Å². The third-order valence-electron chi connectivity index (χ3n) is 7.86. The van der Waals surface area contributed by atoms with Crippen LogP contribution >= 0.6 is 0 Å². The molecule has 0 aromatic heterocycles. The second-order valence-corrected chi connectivity index (χ2v) is 8.44. The third-order valence-corrected chi connectivity index (χ3v) is 7.86. The van der Waals surface area contributed by atoms with Crippen molar-refractivity contribution in [2.24, 2.45) is 29.1 Å². The van der Waals surface area contributed by atoms with Crippen molar-refractivity contribution in [2.75, 3.05) is 7.11 Å². The fourth-order valence-corrected chi connectivity index (χ4v) is 6.53. The van der Waals surface area contributed by atoms with Gasteiger partial charge in [-0.3, -0.25) is 0 Å². The first kappa shape index (κ1) is 17.1. The number of aliphatic hydroxyl groups is 1. The minimum Gasteiger partial charge on any atom is -0.384 e. The number of nitriles is 1. The molecule has 7 atom stereocenters. The first-order chi connectivity index (χ1) is 12.1. The highest BCUT2D eigenvalue weighted by Crippen LogP contribution is 2.63. The van der Waals surface area contributed by atoms with Crippen LogP contribution in [0.5, 0.6) is 0 Å². The van der Waals surface area contributed by atoms with Gasteiger partial charge in [0.05, 0.1) is 18.6 Å². The minimum absolute atomic E-state index is 0.152. The Morgan fingerprint density at radius 3 is 2.92 bits per heavy atom. The van der Waals surface area contributed by atoms with Gasteiger partial charge in [0, 0.05) is 12.5 Å². The highest BCUT2D eigenvalue weighted by atomic mass is 16.5. The van der Waals surface area contributed by atoms with Gasteiger partial charge in [-0.2, -0.15) is 5.26 Å². The summed E-state index contributed by atoms with van der Waals surface area (Å²) in [5, 5.41) is 20.5. The number of hydrogen-bond donors (Lipinski definition) is 1. The number of methoxy groups -OCH3 is 1. The van der Waals surface area contributed by atoms with E-state index in [-0.39, 0.29) is 17.9 Å². The molecule has 3 nitrogen and oxygen atoms in total. The average molecular weight is 339 g/mol. The Balaban J connectivity index is 1.66. The lowest BCUT2D eigenvalue weighted by Gasteiger charge is -2.56. The van der Waals surface area contributed by atoms with Gasteiger partial charge in [-0.1, -0.05) is 37.3 Å². The Kier molecular flexibility index (Phi) is 4.17. The molecule has 4 aliphatic rings. The molecule has 1 fully saturated rings. The molecular weight excluding hydrogens is 310 g/mol. The summed E-state index contributed by atoms with van der Waals surface area (Å²) in [6.07, 6.45) is 16.8. The van der Waals surface area contributed by atoms with Crippen LogP contribution in [0.1, 0.15) is 45.4 Å². The quantitative estimate of drug-likeness (QED) is 0.786. The van der Waals surface area contributed by atoms with Crippen LogP contribution in [0.2, 0.25) is 0 Å². The topological polar surface area (TPSA) is 53.2 Å². The lowest BCUT2D eigenvalue weighted by molar-refractivity contribution is -0.111. The van der Waals surface area contributed by atoms with E-state index in [1.165, 1.54) is 5.57 Å². The fraction of sp³-hybridized carbons (Fsp3) is 0.682. The number of rotatable bonds is 3. The number of allylic oxidation sites excluding steroid dienone is 4. The molecule has 0 aliphatic heterocycles. The third kappa shape index (κ3) is 2.31. The van der Waals surface area contributed by atoms with E-state index < -0.39 is 5.60 Å². The molecule has 1 N–H and O–H groups in total. The molecule has 25 heavy (non-hydrogen) atoms. The largest absolute Gasteiger partial charge is 0.384 e. The first-order valence-corrected chi connectivity index (χ1v) is 9.78. The van der Waals surface area contributed by atoms with E-state index in [0.717, 1.165) is 32.1 Å². The maximum Gasteiger partial charge on any atom is 0.102 e. The van der Waals surface area contributed by atoms with E-state index >= 15 is 0 Å². The summed E-state index contributed by atoms with van der Waals surface area (Å²) in [5.74, 6) is 2.22. The molecule has 4 aliphatic carbocycles. The lowest BCUT2D eigenvalue weighted by atomic mass is 9.49. The second-order valence-electron chi connectivity index (χ2n) is 8.44. The van der Waals surface area contributed by atoms with Gasteiger partial charge >= 0.3 is 0 Å². The number of nitrogens with zero attached hydrogens (tertiary/aromatic N) is 1. The highest BCUT2D eigenvalue weighted by Gasteiger charge is 2.61. The van der Waals surface area contributed by atoms with Crippen LogP contribution in [0.3, 0.4) is 0 Å². The van der Waals surface area contributed by atoms with Crippen LogP contribution in [0.25, 0.3) is 0 Å². The van der Waals surface area contributed by atoms with Gasteiger partial charge in [0.25, 0.3) is 0 Å². The summed E-state index contributed by atoms with van der Waals surface area (Å²) < 4.78 is 5.61. The summed E-state index contributed by atoms with van der Waals surface area (Å²) in [5.41, 5.74) is 0.394. The van der Waals surface area contributed by atoms with Crippen LogP contribution in [-0.4, -0.2) is 23.9 Å². The molecule has 2 unspecified atom stereocenters. The van der Waals surface area contributed by atoms with Crippen molar-refractivity contribution in [3.63, 3.8) is 0 Å². The predicted octanol–water partition coefficient (Wildman–Crippen LogP) is 4.16. The molecule has 3 heteroatoms. The maximum absolute atomic E-state index is 11.3. The molecule has 0 saturated heterocycles. The molecular formula is C22H29NO2. The molecule has 4 rings (SSSR count). The Hall–Kier alpha value is -1.37. The van der Waals surface area contributed by atoms with Gasteiger partial charge in [-0.15, -0.1) is 0 Å². The van der Waals surface area contributed by atoms with E-state index in [4.69, 9.17) is 4.74 Å². The van der Waals surface area contributed by atoms with E-state index in [2.05, 4.69) is 37.3 Å². The standard InChI is InChI=1S/C22H29NO2/c1-3-21-10-8-17-18(20(21)9-11-22(21,24)12-13-23)7-5-15-4-6-16(25-2)14-19(15)17/h4-6,9,11,16-20,24H,3,7-8,10,12,14H2,1-2H3/t16?,17-,18+,19-,20-,21?,22+/m0/s1. The van der Waals surface area contributed by atoms with Crippen LogP contribution < -0.4 is 0 Å². The molecule has 0 spiro atoms. The van der Waals surface area contributed by atoms with Crippen LogP contribution in [0.4, 0.5) is 0 Å². The zero-order chi connectivity index (χ0) is 17.7. The number of fused-ring (bicyclic) bond motifs is 5. The smallest absolute Gasteiger partial charge is 0.102 e. The normalized spacial score (nSPS) is 47.4. The Morgan fingerprint density at radius 1 is 1.36 bits per heavy atom. The fourth-order valence-electron chi connectivity index (χ4n) is 6.53. The molecule has 0 heterocycles. The van der Waals surface area contributed by atoms with Gasteiger partial charge in [0.2, 0.25) is 0 Å². The van der Waals surface area contributed by atoms with E-state index in [1.807, 2.05) is 6.08 Å². The summed E-state index contributed by atoms with van der Waals surface area (Å²) in [4.78, 5) is 0. The highest BCUT2D eigenvalue weighted by molar-refractivity contribution is 5.34. The van der Waals surface area contributed by atoms with Crippen molar-refractivity contribution in [1.29, 1.82) is 5.26 Å². The monoisotopic (exact) mass is 339 g/mol. The van der Waals surface area contributed by atoms with E-state index in [9.17, 15) is 10.4 Å². The zero-order valence-corrected chi connectivity index (χ0v) is 15.3. The van der Waals surface area contributed by atoms with Gasteiger partial charge < -0.3 is 9.84 Å². The van der Waals surface area contributed by atoms with Crippen LogP contribution in [0, 0.1) is 40.4 Å². The minimum atomic E-state index is -0.947. The summed E-state index contributed by atoms with van der Waals surface area (Å²) in [6, 6.07) is 2.23. The van der Waals surface area contributed by atoms with Gasteiger partial charge in [-0.05, 0) is 61.3 Å². The van der Waals surface area contributed by atoms with Crippen molar-refractivity contribution in [3.05, 3.63) is 36.0 Å². The van der Waals surface area contributed by atoms with E-state index in [0.29, 0.717) is 23.7 Å². The Labute approximate surface area is 151 Å². The summed E-state index contributed by atoms with van der Waals surface area (Å²) in [7, 11) is 1.80. The zero-order valence-electron chi connectivity index (χ0n) is 15.3.